The number of pyridine rings is 1. The third kappa shape index (κ3) is 5.42. The standard InChI is InChI=1S/C31H25FN4O4S/c1-18-28-30(41-29(18)31(37)38)35-26(36(28)16-23-11-12-39-23)14-21-9-10-22(13-24(21)32)25-3-2-4-27(34-25)40-17-20-7-5-19(15-33)6-8-20/h2-10,13,23H,11-12,14,16-17H2,1H3,(H,37,38). The van der Waals surface area contributed by atoms with Crippen molar-refractivity contribution in [2.45, 2.75) is 39.0 Å². The number of nitrogens with zero attached hydrogens (tertiary/aromatic N) is 4. The first-order chi connectivity index (χ1) is 19.9. The maximum Gasteiger partial charge on any atom is 0.346 e. The predicted octanol–water partition coefficient (Wildman–Crippen LogP) is 6.14. The number of carboxylic acids is 1. The summed E-state index contributed by atoms with van der Waals surface area (Å²) in [5.74, 6) is -0.274. The zero-order valence-electron chi connectivity index (χ0n) is 22.1. The van der Waals surface area contributed by atoms with Gasteiger partial charge in [-0.1, -0.05) is 30.3 Å². The third-order valence-corrected chi connectivity index (χ3v) is 8.34. The van der Waals surface area contributed by atoms with Crippen molar-refractivity contribution in [3.8, 4) is 23.2 Å². The zero-order chi connectivity index (χ0) is 28.5. The molecular formula is C31H25FN4O4S. The van der Waals surface area contributed by atoms with Gasteiger partial charge in [0.2, 0.25) is 5.88 Å². The molecular weight excluding hydrogens is 543 g/mol. The van der Waals surface area contributed by atoms with E-state index in [0.29, 0.717) is 64.2 Å². The minimum absolute atomic E-state index is 0.0310. The molecule has 1 fully saturated rings. The average Bonchev–Trinajstić information content (AvgIpc) is 3.46. The zero-order valence-corrected chi connectivity index (χ0v) is 22.9. The second-order valence-corrected chi connectivity index (χ2v) is 10.9. The van der Waals surface area contributed by atoms with Gasteiger partial charge in [0.15, 0.2) is 0 Å². The van der Waals surface area contributed by atoms with Crippen molar-refractivity contribution in [1.29, 1.82) is 5.26 Å². The molecule has 0 bridgehead atoms. The van der Waals surface area contributed by atoms with E-state index in [4.69, 9.17) is 19.7 Å². The smallest absolute Gasteiger partial charge is 0.346 e. The van der Waals surface area contributed by atoms with E-state index in [9.17, 15) is 9.90 Å². The number of imidazole rings is 1. The minimum Gasteiger partial charge on any atom is -0.477 e. The third-order valence-electron chi connectivity index (χ3n) is 7.17. The van der Waals surface area contributed by atoms with Crippen LogP contribution in [0.25, 0.3) is 21.6 Å². The molecule has 0 amide bonds. The van der Waals surface area contributed by atoms with Crippen molar-refractivity contribution in [2.24, 2.45) is 0 Å². The van der Waals surface area contributed by atoms with E-state index in [-0.39, 0.29) is 23.2 Å². The summed E-state index contributed by atoms with van der Waals surface area (Å²) < 4.78 is 28.9. The van der Waals surface area contributed by atoms with Crippen molar-refractivity contribution in [2.75, 3.05) is 6.61 Å². The highest BCUT2D eigenvalue weighted by Gasteiger charge is 2.26. The number of nitriles is 1. The van der Waals surface area contributed by atoms with Crippen molar-refractivity contribution < 1.29 is 23.8 Å². The van der Waals surface area contributed by atoms with Crippen LogP contribution in [-0.2, 0) is 24.3 Å². The number of aryl methyl sites for hydroxylation is 1. The van der Waals surface area contributed by atoms with Gasteiger partial charge < -0.3 is 19.1 Å². The Bertz CT molecular complexity index is 1800. The molecule has 1 N–H and O–H groups in total. The summed E-state index contributed by atoms with van der Waals surface area (Å²) in [6, 6.07) is 19.6. The molecule has 5 aromatic rings. The summed E-state index contributed by atoms with van der Waals surface area (Å²) >= 11 is 1.14. The van der Waals surface area contributed by atoms with E-state index in [1.165, 1.54) is 6.07 Å². The predicted molar refractivity (Wildman–Crippen MR) is 152 cm³/mol. The first-order valence-electron chi connectivity index (χ1n) is 13.1. The molecule has 1 atom stereocenters. The van der Waals surface area contributed by atoms with Crippen LogP contribution in [0, 0.1) is 24.1 Å². The SMILES string of the molecule is Cc1c(C(=O)O)sc2nc(Cc3ccc(-c4cccc(OCc5ccc(C#N)cc5)n4)cc3F)n(CC3CCO3)c12. The normalized spacial score (nSPS) is 14.5. The van der Waals surface area contributed by atoms with Crippen LogP contribution in [0.1, 0.15) is 44.2 Å². The van der Waals surface area contributed by atoms with Crippen molar-refractivity contribution >= 4 is 27.7 Å². The van der Waals surface area contributed by atoms with Gasteiger partial charge in [0.25, 0.3) is 0 Å². The molecule has 1 aliphatic heterocycles. The molecule has 1 aliphatic rings. The maximum atomic E-state index is 15.4. The van der Waals surface area contributed by atoms with E-state index in [1.807, 2.05) is 28.8 Å². The van der Waals surface area contributed by atoms with E-state index in [0.717, 1.165) is 28.8 Å². The maximum absolute atomic E-state index is 15.4. The lowest BCUT2D eigenvalue weighted by atomic mass is 10.0. The van der Waals surface area contributed by atoms with Crippen LogP contribution in [-0.4, -0.2) is 38.3 Å². The number of thiophene rings is 1. The van der Waals surface area contributed by atoms with Gasteiger partial charge >= 0.3 is 5.97 Å². The molecule has 0 spiro atoms. The van der Waals surface area contributed by atoms with Gasteiger partial charge in [0, 0.05) is 30.2 Å². The first kappa shape index (κ1) is 26.6. The Balaban J connectivity index is 1.23. The largest absolute Gasteiger partial charge is 0.477 e. The fraction of sp³-hybridized carbons (Fsp3) is 0.226. The van der Waals surface area contributed by atoms with E-state index in [1.54, 1.807) is 37.3 Å². The van der Waals surface area contributed by atoms with Crippen LogP contribution in [0.3, 0.4) is 0 Å². The number of fused-ring (bicyclic) bond motifs is 1. The summed E-state index contributed by atoms with van der Waals surface area (Å²) in [6.45, 7) is 3.32. The molecule has 6 rings (SSSR count). The van der Waals surface area contributed by atoms with E-state index in [2.05, 4.69) is 11.1 Å². The fourth-order valence-corrected chi connectivity index (χ4v) is 5.91. The second kappa shape index (κ2) is 11.1. The summed E-state index contributed by atoms with van der Waals surface area (Å²) in [4.78, 5) is 21.8. The van der Waals surface area contributed by atoms with E-state index < -0.39 is 5.97 Å². The monoisotopic (exact) mass is 568 g/mol. The van der Waals surface area contributed by atoms with Crippen LogP contribution in [0.5, 0.6) is 5.88 Å². The topological polar surface area (TPSA) is 110 Å². The Morgan fingerprint density at radius 2 is 2.02 bits per heavy atom. The van der Waals surface area contributed by atoms with Gasteiger partial charge in [-0.25, -0.2) is 19.2 Å². The molecule has 0 aliphatic carbocycles. The Morgan fingerprint density at radius 1 is 1.22 bits per heavy atom. The Hall–Kier alpha value is -4.59. The van der Waals surface area contributed by atoms with Gasteiger partial charge in [0.1, 0.15) is 28.0 Å². The number of aromatic nitrogens is 3. The fourth-order valence-electron chi connectivity index (χ4n) is 4.87. The molecule has 8 nitrogen and oxygen atoms in total. The van der Waals surface area contributed by atoms with Crippen LogP contribution < -0.4 is 4.74 Å². The summed E-state index contributed by atoms with van der Waals surface area (Å²) in [5.41, 5.74) is 4.60. The van der Waals surface area contributed by atoms with Crippen LogP contribution in [0.2, 0.25) is 0 Å². The van der Waals surface area contributed by atoms with Gasteiger partial charge in [-0.15, -0.1) is 11.3 Å². The highest BCUT2D eigenvalue weighted by Crippen LogP contribution is 2.34. The Morgan fingerprint density at radius 3 is 2.71 bits per heavy atom. The van der Waals surface area contributed by atoms with Crippen molar-refractivity contribution in [1.82, 2.24) is 14.5 Å². The number of rotatable bonds is 9. The number of hydrogen-bond acceptors (Lipinski definition) is 7. The van der Waals surface area contributed by atoms with Gasteiger partial charge in [-0.2, -0.15) is 5.26 Å². The Kier molecular flexibility index (Phi) is 7.22. The van der Waals surface area contributed by atoms with Gasteiger partial charge in [0.05, 0.1) is 35.5 Å². The molecule has 3 aromatic heterocycles. The summed E-state index contributed by atoms with van der Waals surface area (Å²) in [6.07, 6.45) is 1.20. The highest BCUT2D eigenvalue weighted by atomic mass is 32.1. The van der Waals surface area contributed by atoms with Gasteiger partial charge in [-0.05, 0) is 48.7 Å². The number of halogens is 1. The molecule has 4 heterocycles. The molecule has 41 heavy (non-hydrogen) atoms. The minimum atomic E-state index is -0.975. The highest BCUT2D eigenvalue weighted by molar-refractivity contribution is 7.20. The molecule has 0 saturated carbocycles. The number of hydrogen-bond donors (Lipinski definition) is 1. The van der Waals surface area contributed by atoms with Crippen LogP contribution in [0.15, 0.2) is 60.7 Å². The molecule has 1 saturated heterocycles. The molecule has 206 valence electrons. The average molecular weight is 569 g/mol. The Labute approximate surface area is 239 Å². The summed E-state index contributed by atoms with van der Waals surface area (Å²) in [5, 5.41) is 18.5. The summed E-state index contributed by atoms with van der Waals surface area (Å²) in [7, 11) is 0. The second-order valence-electron chi connectivity index (χ2n) is 9.88. The van der Waals surface area contributed by atoms with Gasteiger partial charge in [-0.3, -0.25) is 0 Å². The number of aromatic carboxylic acids is 1. The van der Waals surface area contributed by atoms with Crippen LogP contribution >= 0.6 is 11.3 Å². The van der Waals surface area contributed by atoms with Crippen molar-refractivity contribution in [3.63, 3.8) is 0 Å². The lowest BCUT2D eigenvalue weighted by molar-refractivity contribution is -0.0589. The number of benzene rings is 2. The first-order valence-corrected chi connectivity index (χ1v) is 13.9. The molecule has 2 aromatic carbocycles. The van der Waals surface area contributed by atoms with E-state index >= 15 is 4.39 Å². The lowest BCUT2D eigenvalue weighted by Gasteiger charge is -2.27. The number of carboxylic acid groups (broad SMARTS) is 1. The number of carbonyl (C=O) groups is 1. The molecule has 1 unspecified atom stereocenters. The molecule has 0 radical (unpaired) electrons. The number of ether oxygens (including phenoxy) is 2. The molecule has 10 heteroatoms. The van der Waals surface area contributed by atoms with Crippen LogP contribution in [0.4, 0.5) is 4.39 Å². The van der Waals surface area contributed by atoms with Crippen molar-refractivity contribution in [3.05, 3.63) is 99.4 Å². The lowest BCUT2D eigenvalue weighted by Crippen LogP contribution is -2.31. The quantitative estimate of drug-likeness (QED) is 0.228.